The third-order valence-electron chi connectivity index (χ3n) is 2.80. The Hall–Kier alpha value is -1.96. The predicted octanol–water partition coefficient (Wildman–Crippen LogP) is 3.75. The summed E-state index contributed by atoms with van der Waals surface area (Å²) in [4.78, 5) is 4.61. The molecule has 0 radical (unpaired) electrons. The molecule has 0 aliphatic carbocycles. The van der Waals surface area contributed by atoms with E-state index in [-0.39, 0.29) is 5.56 Å². The fourth-order valence-electron chi connectivity index (χ4n) is 1.64. The number of nitrogens with zero attached hydrogens (tertiary/aromatic N) is 1. The molecule has 3 N–H and O–H groups in total. The van der Waals surface area contributed by atoms with Gasteiger partial charge in [-0.05, 0) is 43.8 Å². The van der Waals surface area contributed by atoms with Crippen molar-refractivity contribution in [3.05, 3.63) is 40.8 Å². The maximum atomic E-state index is 12.8. The summed E-state index contributed by atoms with van der Waals surface area (Å²) in [5.41, 5.74) is 4.67. The van der Waals surface area contributed by atoms with E-state index in [1.165, 1.54) is 12.1 Å². The van der Waals surface area contributed by atoms with Crippen LogP contribution in [0.1, 0.15) is 22.6 Å². The number of rotatable bonds is 3. The first-order valence-electron chi connectivity index (χ1n) is 5.86. The Morgan fingerprint density at radius 2 is 2.00 bits per heavy atom. The van der Waals surface area contributed by atoms with Crippen molar-refractivity contribution >= 4 is 17.6 Å². The van der Waals surface area contributed by atoms with Gasteiger partial charge in [0.25, 0.3) is 5.22 Å². The minimum Gasteiger partial charge on any atom is -0.436 e. The topological polar surface area (TPSA) is 75.9 Å². The molecule has 0 atom stereocenters. The van der Waals surface area contributed by atoms with E-state index < -0.39 is 17.6 Å². The summed E-state index contributed by atoms with van der Waals surface area (Å²) in [6.45, 7) is 3.52. The number of nitrogen functional groups attached to an aromatic ring is 1. The second-order valence-electron chi connectivity index (χ2n) is 4.34. The molecule has 2 aromatic rings. The Bertz CT molecular complexity index is 675. The highest BCUT2D eigenvalue weighted by Crippen LogP contribution is 2.35. The van der Waals surface area contributed by atoms with Gasteiger partial charge < -0.3 is 10.2 Å². The number of amidine groups is 1. The van der Waals surface area contributed by atoms with Crippen LogP contribution in [0, 0.1) is 19.3 Å². The van der Waals surface area contributed by atoms with E-state index in [9.17, 15) is 13.2 Å². The van der Waals surface area contributed by atoms with Crippen LogP contribution in [0.2, 0.25) is 0 Å². The normalized spacial score (nSPS) is 11.7. The summed E-state index contributed by atoms with van der Waals surface area (Å²) in [6, 6.07) is 3.42. The van der Waals surface area contributed by atoms with Crippen LogP contribution in [0.5, 0.6) is 0 Å². The molecular formula is C13H12F3N3OS. The van der Waals surface area contributed by atoms with Crippen LogP contribution in [0.15, 0.2) is 32.7 Å². The lowest BCUT2D eigenvalue weighted by atomic mass is 10.1. The second kappa shape index (κ2) is 5.44. The lowest BCUT2D eigenvalue weighted by Crippen LogP contribution is -2.18. The maximum absolute atomic E-state index is 12.8. The molecule has 0 aliphatic heterocycles. The van der Waals surface area contributed by atoms with Crippen LogP contribution in [0.4, 0.5) is 13.2 Å². The van der Waals surface area contributed by atoms with Gasteiger partial charge in [-0.3, -0.25) is 5.41 Å². The van der Waals surface area contributed by atoms with Crippen molar-refractivity contribution in [1.29, 1.82) is 5.41 Å². The van der Waals surface area contributed by atoms with Crippen molar-refractivity contribution in [3.63, 3.8) is 0 Å². The Balaban J connectivity index is 2.38. The van der Waals surface area contributed by atoms with Crippen molar-refractivity contribution in [2.45, 2.75) is 30.1 Å². The van der Waals surface area contributed by atoms with Crippen LogP contribution >= 0.6 is 11.8 Å². The van der Waals surface area contributed by atoms with E-state index in [4.69, 9.17) is 15.6 Å². The summed E-state index contributed by atoms with van der Waals surface area (Å²) < 4.78 is 43.9. The number of alkyl halides is 3. The number of nitrogens with one attached hydrogen (secondary N) is 1. The molecule has 1 aromatic heterocycles. The van der Waals surface area contributed by atoms with Crippen LogP contribution in [0.25, 0.3) is 0 Å². The molecular weight excluding hydrogens is 303 g/mol. The van der Waals surface area contributed by atoms with Gasteiger partial charge in [0.15, 0.2) is 0 Å². The van der Waals surface area contributed by atoms with Crippen LogP contribution in [-0.4, -0.2) is 10.8 Å². The van der Waals surface area contributed by atoms with Crippen molar-refractivity contribution < 1.29 is 17.6 Å². The molecule has 21 heavy (non-hydrogen) atoms. The number of aryl methyl sites for hydroxylation is 2. The zero-order valence-electron chi connectivity index (χ0n) is 11.2. The smallest absolute Gasteiger partial charge is 0.417 e. The van der Waals surface area contributed by atoms with E-state index in [1.807, 2.05) is 0 Å². The van der Waals surface area contributed by atoms with Crippen LogP contribution in [0.3, 0.4) is 0 Å². The molecule has 0 bridgehead atoms. The average Bonchev–Trinajstić information content (AvgIpc) is 2.66. The molecule has 0 spiro atoms. The first kappa shape index (κ1) is 15.4. The summed E-state index contributed by atoms with van der Waals surface area (Å²) >= 11 is 1.08. The molecule has 0 fully saturated rings. The van der Waals surface area contributed by atoms with Gasteiger partial charge in [-0.25, -0.2) is 4.98 Å². The highest BCUT2D eigenvalue weighted by molar-refractivity contribution is 7.99. The summed E-state index contributed by atoms with van der Waals surface area (Å²) in [5, 5.41) is 7.63. The average molecular weight is 315 g/mol. The number of aromatic nitrogens is 1. The first-order valence-corrected chi connectivity index (χ1v) is 6.67. The van der Waals surface area contributed by atoms with E-state index >= 15 is 0 Å². The number of oxazole rings is 1. The monoisotopic (exact) mass is 315 g/mol. The zero-order chi connectivity index (χ0) is 15.8. The molecule has 1 heterocycles. The van der Waals surface area contributed by atoms with Crippen molar-refractivity contribution in [3.8, 4) is 0 Å². The maximum Gasteiger partial charge on any atom is 0.417 e. The van der Waals surface area contributed by atoms with E-state index in [0.717, 1.165) is 23.5 Å². The van der Waals surface area contributed by atoms with Gasteiger partial charge in [0.1, 0.15) is 11.6 Å². The summed E-state index contributed by atoms with van der Waals surface area (Å²) in [6.07, 6.45) is -4.56. The highest BCUT2D eigenvalue weighted by atomic mass is 32.2. The van der Waals surface area contributed by atoms with Gasteiger partial charge in [-0.2, -0.15) is 13.2 Å². The molecule has 8 heteroatoms. The van der Waals surface area contributed by atoms with Gasteiger partial charge in [0.2, 0.25) is 0 Å². The highest BCUT2D eigenvalue weighted by Gasteiger charge is 2.34. The summed E-state index contributed by atoms with van der Waals surface area (Å²) in [7, 11) is 0. The number of benzene rings is 1. The first-order chi connectivity index (χ1) is 9.68. The molecule has 112 valence electrons. The van der Waals surface area contributed by atoms with E-state index in [1.54, 1.807) is 13.8 Å². The van der Waals surface area contributed by atoms with E-state index in [2.05, 4.69) is 4.98 Å². The summed E-state index contributed by atoms with van der Waals surface area (Å²) in [5.74, 6) is 0.0146. The molecule has 0 saturated carbocycles. The fourth-order valence-corrected chi connectivity index (χ4v) is 2.51. The Labute approximate surface area is 123 Å². The zero-order valence-corrected chi connectivity index (χ0v) is 12.0. The number of nitrogens with two attached hydrogens (primary N) is 1. The van der Waals surface area contributed by atoms with Crippen molar-refractivity contribution in [1.82, 2.24) is 4.98 Å². The second-order valence-corrected chi connectivity index (χ2v) is 5.37. The molecule has 0 saturated heterocycles. The minimum absolute atomic E-state index is 0.333. The number of hydrogen-bond acceptors (Lipinski definition) is 4. The number of halogens is 3. The lowest BCUT2D eigenvalue weighted by molar-refractivity contribution is -0.137. The fraction of sp³-hybridized carbons (Fsp3) is 0.231. The van der Waals surface area contributed by atoms with Gasteiger partial charge in [-0.1, -0.05) is 0 Å². The predicted molar refractivity (Wildman–Crippen MR) is 72.6 cm³/mol. The van der Waals surface area contributed by atoms with Crippen LogP contribution in [-0.2, 0) is 6.18 Å². The molecule has 1 aromatic carbocycles. The quantitative estimate of drug-likeness (QED) is 0.668. The number of hydrogen-bond donors (Lipinski definition) is 2. The molecule has 2 rings (SSSR count). The van der Waals surface area contributed by atoms with Gasteiger partial charge in [-0.15, -0.1) is 0 Å². The Kier molecular flexibility index (Phi) is 3.99. The standard InChI is InChI=1S/C13H12F3N3OS/c1-6-7(2)20-12(19-6)21-8-3-4-10(13(14,15)16)9(5-8)11(17)18/h3-5H,1-2H3,(H3,17,18). The minimum atomic E-state index is -4.56. The lowest BCUT2D eigenvalue weighted by Gasteiger charge is -2.12. The Morgan fingerprint density at radius 1 is 1.33 bits per heavy atom. The van der Waals surface area contributed by atoms with E-state index in [0.29, 0.717) is 15.9 Å². The van der Waals surface area contributed by atoms with Gasteiger partial charge in [0.05, 0.1) is 11.3 Å². The molecule has 0 unspecified atom stereocenters. The SMILES string of the molecule is Cc1nc(Sc2ccc(C(F)(F)F)c(C(=N)N)c2)oc1C. The van der Waals surface area contributed by atoms with Gasteiger partial charge >= 0.3 is 6.18 Å². The van der Waals surface area contributed by atoms with Gasteiger partial charge in [0, 0.05) is 10.5 Å². The largest absolute Gasteiger partial charge is 0.436 e. The molecule has 0 aliphatic rings. The molecule has 0 amide bonds. The third-order valence-corrected chi connectivity index (χ3v) is 3.64. The van der Waals surface area contributed by atoms with Crippen LogP contribution < -0.4 is 5.73 Å². The van der Waals surface area contributed by atoms with Crippen molar-refractivity contribution in [2.75, 3.05) is 0 Å². The molecule has 4 nitrogen and oxygen atoms in total. The Morgan fingerprint density at radius 3 is 2.48 bits per heavy atom. The van der Waals surface area contributed by atoms with Crippen molar-refractivity contribution in [2.24, 2.45) is 5.73 Å². The third kappa shape index (κ3) is 3.38.